The molecule has 0 bridgehead atoms. The molecule has 0 fully saturated rings. The molecule has 0 saturated heterocycles. The van der Waals surface area contributed by atoms with Crippen molar-refractivity contribution in [1.29, 1.82) is 0 Å². The summed E-state index contributed by atoms with van der Waals surface area (Å²) < 4.78 is 80.5. The molecule has 2 rings (SSSR count). The molecule has 0 radical (unpaired) electrons. The van der Waals surface area contributed by atoms with Gasteiger partial charge in [0.05, 0.1) is 0 Å². The number of benzene rings is 2. The molecule has 0 atom stereocenters. The Balaban J connectivity index is 2.37. The van der Waals surface area contributed by atoms with Gasteiger partial charge in [-0.05, 0) is 42.8 Å². The first-order valence-corrected chi connectivity index (χ1v) is 6.56. The summed E-state index contributed by atoms with van der Waals surface area (Å²) in [5.41, 5.74) is -0.273. The number of ketones is 1. The van der Waals surface area contributed by atoms with E-state index >= 15 is 0 Å². The molecule has 0 spiro atoms. The number of ether oxygens (including phenoxy) is 1. The molecule has 128 valence electrons. The first-order chi connectivity index (χ1) is 11.1. The lowest BCUT2D eigenvalue weighted by atomic mass is 10.0. The van der Waals surface area contributed by atoms with Crippen LogP contribution in [0, 0.1) is 18.6 Å². The van der Waals surface area contributed by atoms with E-state index in [1.165, 1.54) is 13.0 Å². The minimum atomic E-state index is -4.83. The average Bonchev–Trinajstić information content (AvgIpc) is 2.48. The summed E-state index contributed by atoms with van der Waals surface area (Å²) in [7, 11) is 0. The van der Waals surface area contributed by atoms with E-state index in [2.05, 4.69) is 4.74 Å². The Morgan fingerprint density at radius 2 is 1.71 bits per heavy atom. The first-order valence-electron chi connectivity index (χ1n) is 6.56. The molecule has 0 aliphatic rings. The third-order valence-electron chi connectivity index (χ3n) is 3.06. The maximum Gasteiger partial charge on any atom is 0.461 e. The summed E-state index contributed by atoms with van der Waals surface area (Å²) in [4.78, 5) is 12.2. The van der Waals surface area contributed by atoms with Crippen LogP contribution in [0.2, 0.25) is 0 Å². The minimum absolute atomic E-state index is 0.0222. The number of hydrogen-bond donors (Lipinski definition) is 0. The van der Waals surface area contributed by atoms with Crippen LogP contribution in [0.25, 0.3) is 0 Å². The SMILES string of the molecule is Cc1cc(C(=O)c2cc(F)cc(OC(F)(F)C(F)F)c2)ccc1F. The molecular weight excluding hydrogens is 338 g/mol. The fourth-order valence-corrected chi connectivity index (χ4v) is 1.91. The predicted octanol–water partition coefficient (Wildman–Crippen LogP) is 4.74. The summed E-state index contributed by atoms with van der Waals surface area (Å²) in [5, 5.41) is 0. The van der Waals surface area contributed by atoms with Crippen molar-refractivity contribution in [2.75, 3.05) is 0 Å². The van der Waals surface area contributed by atoms with Crippen molar-refractivity contribution in [2.45, 2.75) is 19.5 Å². The minimum Gasteiger partial charge on any atom is -0.428 e. The van der Waals surface area contributed by atoms with Gasteiger partial charge in [0.1, 0.15) is 17.4 Å². The molecule has 0 N–H and O–H groups in total. The van der Waals surface area contributed by atoms with Crippen molar-refractivity contribution in [3.05, 3.63) is 64.7 Å². The number of carbonyl (C=O) groups is 1. The summed E-state index contributed by atoms with van der Waals surface area (Å²) in [6.07, 6.45) is -8.96. The number of rotatable bonds is 5. The van der Waals surface area contributed by atoms with Crippen molar-refractivity contribution >= 4 is 5.78 Å². The van der Waals surface area contributed by atoms with E-state index in [1.807, 2.05) is 0 Å². The van der Waals surface area contributed by atoms with Gasteiger partial charge < -0.3 is 4.74 Å². The third-order valence-corrected chi connectivity index (χ3v) is 3.06. The molecule has 2 aromatic rings. The Morgan fingerprint density at radius 1 is 1.04 bits per heavy atom. The van der Waals surface area contributed by atoms with E-state index in [0.29, 0.717) is 12.1 Å². The molecule has 24 heavy (non-hydrogen) atoms. The van der Waals surface area contributed by atoms with Gasteiger partial charge in [-0.15, -0.1) is 0 Å². The summed E-state index contributed by atoms with van der Waals surface area (Å²) in [5.74, 6) is -3.42. The third kappa shape index (κ3) is 3.87. The van der Waals surface area contributed by atoms with E-state index in [9.17, 15) is 31.1 Å². The Hall–Kier alpha value is -2.51. The van der Waals surface area contributed by atoms with Crippen LogP contribution in [-0.4, -0.2) is 18.3 Å². The van der Waals surface area contributed by atoms with Crippen molar-refractivity contribution in [3.8, 4) is 5.75 Å². The van der Waals surface area contributed by atoms with Crippen LogP contribution < -0.4 is 4.74 Å². The molecule has 0 heterocycles. The van der Waals surface area contributed by atoms with Crippen LogP contribution in [-0.2, 0) is 0 Å². The highest BCUT2D eigenvalue weighted by Crippen LogP contribution is 2.29. The Kier molecular flexibility index (Phi) is 4.86. The van der Waals surface area contributed by atoms with Gasteiger partial charge >= 0.3 is 12.5 Å². The Labute approximate surface area is 132 Å². The highest BCUT2D eigenvalue weighted by molar-refractivity contribution is 6.09. The fraction of sp³-hybridized carbons (Fsp3) is 0.188. The lowest BCUT2D eigenvalue weighted by molar-refractivity contribution is -0.253. The zero-order valence-electron chi connectivity index (χ0n) is 12.1. The van der Waals surface area contributed by atoms with Crippen LogP contribution in [0.4, 0.5) is 26.3 Å². The molecule has 2 nitrogen and oxygen atoms in total. The van der Waals surface area contributed by atoms with Gasteiger partial charge in [-0.1, -0.05) is 0 Å². The van der Waals surface area contributed by atoms with Gasteiger partial charge in [-0.2, -0.15) is 17.6 Å². The molecule has 0 unspecified atom stereocenters. The first kappa shape index (κ1) is 17.8. The van der Waals surface area contributed by atoms with Crippen LogP contribution in [0.1, 0.15) is 21.5 Å². The Morgan fingerprint density at radius 3 is 2.29 bits per heavy atom. The molecule has 2 aromatic carbocycles. The number of alkyl halides is 4. The van der Waals surface area contributed by atoms with Crippen molar-refractivity contribution in [2.24, 2.45) is 0 Å². The number of halogens is 6. The summed E-state index contributed by atoms with van der Waals surface area (Å²) in [6.45, 7) is 1.40. The summed E-state index contributed by atoms with van der Waals surface area (Å²) >= 11 is 0. The van der Waals surface area contributed by atoms with E-state index in [0.717, 1.165) is 18.2 Å². The zero-order chi connectivity index (χ0) is 18.1. The monoisotopic (exact) mass is 348 g/mol. The molecular formula is C16H10F6O2. The fourth-order valence-electron chi connectivity index (χ4n) is 1.91. The van der Waals surface area contributed by atoms with Crippen LogP contribution in [0.3, 0.4) is 0 Å². The average molecular weight is 348 g/mol. The van der Waals surface area contributed by atoms with Crippen molar-refractivity contribution in [1.82, 2.24) is 0 Å². The normalized spacial score (nSPS) is 11.7. The van der Waals surface area contributed by atoms with Crippen molar-refractivity contribution in [3.63, 3.8) is 0 Å². The molecule has 0 aliphatic carbocycles. The van der Waals surface area contributed by atoms with Gasteiger partial charge in [0, 0.05) is 17.2 Å². The quantitative estimate of drug-likeness (QED) is 0.576. The van der Waals surface area contributed by atoms with Gasteiger partial charge in [0.15, 0.2) is 5.78 Å². The second-order valence-corrected chi connectivity index (χ2v) is 4.93. The standard InChI is InChI=1S/C16H10F6O2/c1-8-4-9(2-3-13(8)18)14(23)10-5-11(17)7-12(6-10)24-16(21,22)15(19)20/h2-7,15H,1H3. The molecule has 8 heteroatoms. The zero-order valence-corrected chi connectivity index (χ0v) is 12.1. The Bertz CT molecular complexity index is 773. The van der Waals surface area contributed by atoms with E-state index in [4.69, 9.17) is 0 Å². The van der Waals surface area contributed by atoms with Crippen LogP contribution in [0.15, 0.2) is 36.4 Å². The summed E-state index contributed by atoms with van der Waals surface area (Å²) in [6, 6.07) is 5.22. The van der Waals surface area contributed by atoms with Crippen LogP contribution in [0.5, 0.6) is 5.75 Å². The van der Waals surface area contributed by atoms with E-state index < -0.39 is 41.3 Å². The van der Waals surface area contributed by atoms with Gasteiger partial charge in [-0.3, -0.25) is 4.79 Å². The van der Waals surface area contributed by atoms with Gasteiger partial charge in [0.25, 0.3) is 0 Å². The van der Waals surface area contributed by atoms with E-state index in [-0.39, 0.29) is 11.1 Å². The van der Waals surface area contributed by atoms with Crippen molar-refractivity contribution < 1.29 is 35.9 Å². The molecule has 0 aromatic heterocycles. The second-order valence-electron chi connectivity index (χ2n) is 4.93. The highest BCUT2D eigenvalue weighted by Gasteiger charge is 2.44. The largest absolute Gasteiger partial charge is 0.461 e. The van der Waals surface area contributed by atoms with E-state index in [1.54, 1.807) is 0 Å². The molecule has 0 aliphatic heterocycles. The molecule has 0 saturated carbocycles. The maximum absolute atomic E-state index is 13.5. The highest BCUT2D eigenvalue weighted by atomic mass is 19.3. The number of aryl methyl sites for hydroxylation is 1. The van der Waals surface area contributed by atoms with Gasteiger partial charge in [-0.25, -0.2) is 8.78 Å². The second kappa shape index (κ2) is 6.54. The lowest BCUT2D eigenvalue weighted by Crippen LogP contribution is -2.33. The molecule has 0 amide bonds. The number of carbonyl (C=O) groups excluding carboxylic acids is 1. The van der Waals surface area contributed by atoms with Crippen LogP contribution >= 0.6 is 0 Å². The number of hydrogen-bond acceptors (Lipinski definition) is 2. The lowest BCUT2D eigenvalue weighted by Gasteiger charge is -2.17. The maximum atomic E-state index is 13.5. The topological polar surface area (TPSA) is 26.3 Å². The smallest absolute Gasteiger partial charge is 0.428 e. The predicted molar refractivity (Wildman–Crippen MR) is 72.5 cm³/mol. The van der Waals surface area contributed by atoms with Gasteiger partial charge in [0.2, 0.25) is 0 Å².